The average Bonchev–Trinajstić information content (AvgIpc) is 2.96. The summed E-state index contributed by atoms with van der Waals surface area (Å²) in [6, 6.07) is 4.65. The number of rotatable bonds is 3. The van der Waals surface area contributed by atoms with E-state index in [0.717, 1.165) is 6.42 Å². The van der Waals surface area contributed by atoms with Crippen LogP contribution in [0.1, 0.15) is 19.8 Å². The Hall–Kier alpha value is -1.40. The maximum atomic E-state index is 12.5. The summed E-state index contributed by atoms with van der Waals surface area (Å²) < 4.78 is 5.09. The Kier molecular flexibility index (Phi) is 3.99. The minimum absolute atomic E-state index is 0.0559. The molecule has 2 aliphatic rings. The Balaban J connectivity index is 1.75. The number of carbonyl (C=O) groups excluding carboxylic acids is 2. The zero-order valence-electron chi connectivity index (χ0n) is 12.4. The first-order valence-corrected chi connectivity index (χ1v) is 8.41. The molecule has 0 unspecified atom stereocenters. The number of fused-ring (bicyclic) bond motifs is 1. The third kappa shape index (κ3) is 2.54. The predicted molar refractivity (Wildman–Crippen MR) is 87.4 cm³/mol. The van der Waals surface area contributed by atoms with Gasteiger partial charge in [-0.25, -0.2) is 0 Å². The van der Waals surface area contributed by atoms with Gasteiger partial charge in [0.05, 0.1) is 17.0 Å². The number of hydrogen-bond donors (Lipinski definition) is 1. The van der Waals surface area contributed by atoms with Crippen molar-refractivity contribution in [3.8, 4) is 5.75 Å². The van der Waals surface area contributed by atoms with Crippen LogP contribution in [0.15, 0.2) is 18.2 Å². The molecule has 7 heteroatoms. The van der Waals surface area contributed by atoms with Gasteiger partial charge in [-0.15, -0.1) is 11.8 Å². The van der Waals surface area contributed by atoms with Crippen molar-refractivity contribution < 1.29 is 14.3 Å². The number of nitrogens with zero attached hydrogens (tertiary/aromatic N) is 1. The lowest BCUT2D eigenvalue weighted by atomic mass is 10.2. The fourth-order valence-electron chi connectivity index (χ4n) is 2.98. The smallest absolute Gasteiger partial charge is 0.248 e. The van der Waals surface area contributed by atoms with E-state index in [9.17, 15) is 9.59 Å². The topological polar surface area (TPSA) is 58.6 Å². The van der Waals surface area contributed by atoms with Crippen molar-refractivity contribution in [1.29, 1.82) is 0 Å². The number of ether oxygens (including phenoxy) is 1. The number of nitrogens with one attached hydrogen (secondary N) is 1. The molecule has 2 heterocycles. The van der Waals surface area contributed by atoms with Crippen LogP contribution in [0, 0.1) is 0 Å². The number of halogens is 1. The van der Waals surface area contributed by atoms with Crippen LogP contribution < -0.4 is 10.1 Å². The van der Waals surface area contributed by atoms with Gasteiger partial charge in [-0.2, -0.15) is 0 Å². The van der Waals surface area contributed by atoms with E-state index in [0.29, 0.717) is 28.6 Å². The third-order valence-corrected chi connectivity index (χ3v) is 5.97. The zero-order valence-corrected chi connectivity index (χ0v) is 14.0. The summed E-state index contributed by atoms with van der Waals surface area (Å²) >= 11 is 7.74. The van der Waals surface area contributed by atoms with Crippen LogP contribution in [-0.4, -0.2) is 40.5 Å². The maximum absolute atomic E-state index is 12.5. The van der Waals surface area contributed by atoms with Crippen molar-refractivity contribution in [1.82, 2.24) is 4.90 Å². The van der Waals surface area contributed by atoms with E-state index in [4.69, 9.17) is 16.3 Å². The highest BCUT2D eigenvalue weighted by atomic mass is 35.5. The minimum atomic E-state index is -0.425. The van der Waals surface area contributed by atoms with E-state index in [1.807, 2.05) is 6.92 Å². The monoisotopic (exact) mass is 340 g/mol. The Labute approximate surface area is 138 Å². The molecule has 2 aliphatic heterocycles. The molecule has 22 heavy (non-hydrogen) atoms. The Bertz CT molecular complexity index is 639. The molecule has 0 spiro atoms. The Morgan fingerprint density at radius 3 is 3.00 bits per heavy atom. The van der Waals surface area contributed by atoms with Crippen molar-refractivity contribution in [2.24, 2.45) is 0 Å². The predicted octanol–water partition coefficient (Wildman–Crippen LogP) is 2.74. The Morgan fingerprint density at radius 1 is 1.55 bits per heavy atom. The van der Waals surface area contributed by atoms with Gasteiger partial charge in [0.1, 0.15) is 11.8 Å². The van der Waals surface area contributed by atoms with Crippen LogP contribution in [0.4, 0.5) is 5.69 Å². The van der Waals surface area contributed by atoms with Gasteiger partial charge >= 0.3 is 0 Å². The quantitative estimate of drug-likeness (QED) is 0.919. The first-order valence-electron chi connectivity index (χ1n) is 7.05. The van der Waals surface area contributed by atoms with Crippen LogP contribution >= 0.6 is 23.4 Å². The number of methoxy groups -OCH3 is 1. The second-order valence-corrected chi connectivity index (χ2v) is 7.51. The van der Waals surface area contributed by atoms with Crippen molar-refractivity contribution in [2.75, 3.05) is 18.2 Å². The molecule has 1 aromatic rings. The van der Waals surface area contributed by atoms with Crippen molar-refractivity contribution >= 4 is 40.9 Å². The van der Waals surface area contributed by atoms with Gasteiger partial charge < -0.3 is 15.0 Å². The summed E-state index contributed by atoms with van der Waals surface area (Å²) in [5, 5.41) is 3.27. The fourth-order valence-corrected chi connectivity index (χ4v) is 4.67. The molecule has 3 rings (SSSR count). The molecule has 2 amide bonds. The highest BCUT2D eigenvalue weighted by Crippen LogP contribution is 2.47. The summed E-state index contributed by atoms with van der Waals surface area (Å²) in [6.07, 6.45) is 1.32. The van der Waals surface area contributed by atoms with Crippen molar-refractivity contribution in [2.45, 2.75) is 30.7 Å². The summed E-state index contributed by atoms with van der Waals surface area (Å²) in [5.74, 6) is 1.06. The fraction of sp³-hybridized carbons (Fsp3) is 0.467. The highest BCUT2D eigenvalue weighted by molar-refractivity contribution is 8.01. The van der Waals surface area contributed by atoms with Gasteiger partial charge in [0.15, 0.2) is 0 Å². The van der Waals surface area contributed by atoms with Gasteiger partial charge in [0, 0.05) is 17.9 Å². The van der Waals surface area contributed by atoms with E-state index in [2.05, 4.69) is 5.32 Å². The number of amides is 2. The second-order valence-electron chi connectivity index (χ2n) is 5.60. The van der Waals surface area contributed by atoms with Gasteiger partial charge in [-0.1, -0.05) is 11.6 Å². The zero-order chi connectivity index (χ0) is 15.9. The third-order valence-electron chi connectivity index (χ3n) is 4.17. The Morgan fingerprint density at radius 2 is 2.32 bits per heavy atom. The summed E-state index contributed by atoms with van der Waals surface area (Å²) in [4.78, 5) is 26.1. The van der Waals surface area contributed by atoms with Gasteiger partial charge in [-0.05, 0) is 31.5 Å². The first kappa shape index (κ1) is 15.5. The highest BCUT2D eigenvalue weighted by Gasteiger charge is 2.52. The molecule has 2 atom stereocenters. The van der Waals surface area contributed by atoms with Crippen LogP contribution in [0.3, 0.4) is 0 Å². The molecular weight excluding hydrogens is 324 g/mol. The van der Waals surface area contributed by atoms with Crippen LogP contribution in [0.5, 0.6) is 5.75 Å². The number of thioether (sulfide) groups is 1. The number of hydrogen-bond acceptors (Lipinski definition) is 4. The molecule has 2 fully saturated rings. The maximum Gasteiger partial charge on any atom is 0.248 e. The molecule has 0 radical (unpaired) electrons. The SMILES string of the molecule is COc1ccc(NC(=O)[C@H]2CS[C@]3(C)CCC(=O)N23)cc1Cl. The first-order chi connectivity index (χ1) is 10.4. The molecule has 1 aromatic carbocycles. The van der Waals surface area contributed by atoms with Crippen LogP contribution in [-0.2, 0) is 9.59 Å². The average molecular weight is 341 g/mol. The molecule has 118 valence electrons. The summed E-state index contributed by atoms with van der Waals surface area (Å²) in [6.45, 7) is 2.03. The molecule has 2 saturated heterocycles. The molecule has 0 saturated carbocycles. The molecule has 0 aliphatic carbocycles. The molecule has 1 N–H and O–H groups in total. The van der Waals surface area contributed by atoms with Crippen molar-refractivity contribution in [3.05, 3.63) is 23.2 Å². The number of anilines is 1. The second kappa shape index (κ2) is 5.66. The van der Waals surface area contributed by atoms with E-state index >= 15 is 0 Å². The van der Waals surface area contributed by atoms with Crippen molar-refractivity contribution in [3.63, 3.8) is 0 Å². The van der Waals surface area contributed by atoms with Crippen LogP contribution in [0.25, 0.3) is 0 Å². The standard InChI is InChI=1S/C15H17ClN2O3S/c1-15-6-5-13(19)18(15)11(8-22-15)14(20)17-9-3-4-12(21-2)10(16)7-9/h3-4,7,11H,5-6,8H2,1-2H3,(H,17,20)/t11-,15-/m1/s1. The lowest BCUT2D eigenvalue weighted by molar-refractivity contribution is -0.135. The molecular formula is C15H17ClN2O3S. The van der Waals surface area contributed by atoms with Crippen LogP contribution in [0.2, 0.25) is 5.02 Å². The van der Waals surface area contributed by atoms with Gasteiger partial charge in [-0.3, -0.25) is 9.59 Å². The molecule has 5 nitrogen and oxygen atoms in total. The molecule has 0 bridgehead atoms. The normalized spacial score (nSPS) is 27.0. The van der Waals surface area contributed by atoms with Gasteiger partial charge in [0.25, 0.3) is 0 Å². The lowest BCUT2D eigenvalue weighted by Crippen LogP contribution is -2.48. The minimum Gasteiger partial charge on any atom is -0.495 e. The largest absolute Gasteiger partial charge is 0.495 e. The van der Waals surface area contributed by atoms with Gasteiger partial charge in [0.2, 0.25) is 11.8 Å². The number of benzene rings is 1. The number of carbonyl (C=O) groups is 2. The lowest BCUT2D eigenvalue weighted by Gasteiger charge is -2.29. The van der Waals surface area contributed by atoms with E-state index in [1.165, 1.54) is 7.11 Å². The van der Waals surface area contributed by atoms with E-state index in [1.54, 1.807) is 34.9 Å². The van der Waals surface area contributed by atoms with E-state index in [-0.39, 0.29) is 16.7 Å². The summed E-state index contributed by atoms with van der Waals surface area (Å²) in [5.41, 5.74) is 0.598. The van der Waals surface area contributed by atoms with E-state index < -0.39 is 6.04 Å². The summed E-state index contributed by atoms with van der Waals surface area (Å²) in [7, 11) is 1.54. The molecule has 0 aromatic heterocycles.